The topological polar surface area (TPSA) is 55.6 Å². The van der Waals surface area contributed by atoms with E-state index in [-0.39, 0.29) is 24.8 Å². The van der Waals surface area contributed by atoms with Crippen molar-refractivity contribution in [1.29, 1.82) is 0 Å². The van der Waals surface area contributed by atoms with Crippen molar-refractivity contribution in [3.8, 4) is 5.75 Å². The van der Waals surface area contributed by atoms with E-state index in [1.807, 2.05) is 0 Å². The van der Waals surface area contributed by atoms with Crippen LogP contribution in [0.2, 0.25) is 0 Å². The fourth-order valence-corrected chi connectivity index (χ4v) is 1.83. The molecule has 0 aliphatic rings. The molecule has 0 radical (unpaired) electrons. The van der Waals surface area contributed by atoms with Crippen LogP contribution >= 0.6 is 0 Å². The Morgan fingerprint density at radius 3 is 2.48 bits per heavy atom. The molecule has 1 heterocycles. The highest BCUT2D eigenvalue weighted by Gasteiger charge is 2.30. The van der Waals surface area contributed by atoms with E-state index < -0.39 is 11.7 Å². The number of alkyl halides is 3. The van der Waals surface area contributed by atoms with Crippen LogP contribution < -0.4 is 4.74 Å². The van der Waals surface area contributed by atoms with Gasteiger partial charge in [0.05, 0.1) is 12.1 Å². The first kappa shape index (κ1) is 16.9. The van der Waals surface area contributed by atoms with Crippen LogP contribution in [0.3, 0.4) is 0 Å². The van der Waals surface area contributed by atoms with Crippen LogP contribution in [-0.2, 0) is 6.18 Å². The molecular formula is C15H15F3N2O3. The minimum absolute atomic E-state index is 0.143. The number of hydrogen-bond donors (Lipinski definition) is 0. The standard InChI is InChI=1S/C15H15F3N2O3/c1-10-13(19-9-23-10)14(21)20(2)7-8-22-12-5-3-11(4-6-12)15(16,17)18/h3-6,9H,7-8H2,1-2H3. The third kappa shape index (κ3) is 4.24. The van der Waals surface area contributed by atoms with Crippen molar-refractivity contribution in [3.05, 3.63) is 47.7 Å². The monoisotopic (exact) mass is 328 g/mol. The Bertz CT molecular complexity index is 665. The molecule has 1 aromatic heterocycles. The molecule has 1 aromatic carbocycles. The van der Waals surface area contributed by atoms with Gasteiger partial charge >= 0.3 is 6.18 Å². The van der Waals surface area contributed by atoms with Gasteiger partial charge in [-0.1, -0.05) is 0 Å². The number of oxazole rings is 1. The van der Waals surface area contributed by atoms with Gasteiger partial charge in [0, 0.05) is 7.05 Å². The number of benzene rings is 1. The normalized spacial score (nSPS) is 11.3. The molecule has 124 valence electrons. The molecule has 2 rings (SSSR count). The molecule has 0 saturated carbocycles. The van der Waals surface area contributed by atoms with Gasteiger partial charge < -0.3 is 14.1 Å². The molecule has 8 heteroatoms. The molecule has 0 unspecified atom stereocenters. The van der Waals surface area contributed by atoms with Crippen LogP contribution in [0.5, 0.6) is 5.75 Å². The van der Waals surface area contributed by atoms with Gasteiger partial charge in [-0.2, -0.15) is 13.2 Å². The predicted molar refractivity (Wildman–Crippen MR) is 75.1 cm³/mol. The molecule has 0 aliphatic carbocycles. The van der Waals surface area contributed by atoms with Gasteiger partial charge in [-0.15, -0.1) is 0 Å². The average Bonchev–Trinajstić information content (AvgIpc) is 2.92. The molecule has 0 fully saturated rings. The molecule has 5 nitrogen and oxygen atoms in total. The smallest absolute Gasteiger partial charge is 0.416 e. The van der Waals surface area contributed by atoms with Gasteiger partial charge in [-0.3, -0.25) is 4.79 Å². The second-order valence-electron chi connectivity index (χ2n) is 4.85. The predicted octanol–water partition coefficient (Wildman–Crippen LogP) is 3.15. The molecule has 2 aromatic rings. The van der Waals surface area contributed by atoms with Crippen molar-refractivity contribution in [3.63, 3.8) is 0 Å². The highest BCUT2D eigenvalue weighted by Crippen LogP contribution is 2.30. The quantitative estimate of drug-likeness (QED) is 0.846. The fraction of sp³-hybridized carbons (Fsp3) is 0.333. The first-order chi connectivity index (χ1) is 10.8. The van der Waals surface area contributed by atoms with E-state index >= 15 is 0 Å². The van der Waals surface area contributed by atoms with Crippen molar-refractivity contribution in [1.82, 2.24) is 9.88 Å². The van der Waals surface area contributed by atoms with E-state index in [0.717, 1.165) is 12.1 Å². The lowest BCUT2D eigenvalue weighted by molar-refractivity contribution is -0.137. The van der Waals surface area contributed by atoms with Gasteiger partial charge in [0.2, 0.25) is 0 Å². The molecule has 0 atom stereocenters. The maximum absolute atomic E-state index is 12.4. The Balaban J connectivity index is 1.85. The van der Waals surface area contributed by atoms with Crippen LogP contribution in [0.1, 0.15) is 21.8 Å². The molecule has 0 bridgehead atoms. The lowest BCUT2D eigenvalue weighted by Crippen LogP contribution is -2.31. The first-order valence-corrected chi connectivity index (χ1v) is 6.74. The Hall–Kier alpha value is -2.51. The van der Waals surface area contributed by atoms with Crippen LogP contribution in [0.15, 0.2) is 35.1 Å². The van der Waals surface area contributed by atoms with Crippen molar-refractivity contribution >= 4 is 5.91 Å². The number of hydrogen-bond acceptors (Lipinski definition) is 4. The van der Waals surface area contributed by atoms with Gasteiger partial charge in [0.25, 0.3) is 5.91 Å². The number of halogens is 3. The lowest BCUT2D eigenvalue weighted by Gasteiger charge is -2.16. The number of ether oxygens (including phenoxy) is 1. The molecule has 0 spiro atoms. The number of rotatable bonds is 5. The van der Waals surface area contributed by atoms with Crippen molar-refractivity contribution in [2.75, 3.05) is 20.2 Å². The summed E-state index contributed by atoms with van der Waals surface area (Å²) in [5, 5.41) is 0. The third-order valence-electron chi connectivity index (χ3n) is 3.17. The largest absolute Gasteiger partial charge is 0.492 e. The maximum atomic E-state index is 12.4. The molecular weight excluding hydrogens is 313 g/mol. The molecule has 1 amide bonds. The zero-order valence-corrected chi connectivity index (χ0v) is 12.6. The number of amides is 1. The van der Waals surface area contributed by atoms with Crippen molar-refractivity contribution in [2.45, 2.75) is 13.1 Å². The van der Waals surface area contributed by atoms with E-state index in [4.69, 9.17) is 9.15 Å². The van der Waals surface area contributed by atoms with E-state index in [1.54, 1.807) is 14.0 Å². The summed E-state index contributed by atoms with van der Waals surface area (Å²) in [6.45, 7) is 2.03. The van der Waals surface area contributed by atoms with Gasteiger partial charge in [-0.05, 0) is 31.2 Å². The molecule has 0 aliphatic heterocycles. The molecule has 0 saturated heterocycles. The van der Waals surface area contributed by atoms with E-state index in [0.29, 0.717) is 11.5 Å². The van der Waals surface area contributed by atoms with E-state index in [1.165, 1.54) is 23.4 Å². The minimum atomic E-state index is -4.37. The summed E-state index contributed by atoms with van der Waals surface area (Å²) >= 11 is 0. The first-order valence-electron chi connectivity index (χ1n) is 6.74. The average molecular weight is 328 g/mol. The highest BCUT2D eigenvalue weighted by atomic mass is 19.4. The Morgan fingerprint density at radius 1 is 1.30 bits per heavy atom. The van der Waals surface area contributed by atoms with Crippen LogP contribution in [0.25, 0.3) is 0 Å². The summed E-state index contributed by atoms with van der Waals surface area (Å²) in [6.07, 6.45) is -3.18. The van der Waals surface area contributed by atoms with Gasteiger partial charge in [-0.25, -0.2) is 4.98 Å². The second-order valence-corrected chi connectivity index (χ2v) is 4.85. The van der Waals surface area contributed by atoms with E-state index in [9.17, 15) is 18.0 Å². The highest BCUT2D eigenvalue weighted by molar-refractivity contribution is 5.92. The van der Waals surface area contributed by atoms with Crippen LogP contribution in [0, 0.1) is 6.92 Å². The Kier molecular flexibility index (Phi) is 4.92. The summed E-state index contributed by atoms with van der Waals surface area (Å²) in [5.41, 5.74) is -0.513. The number of aromatic nitrogens is 1. The summed E-state index contributed by atoms with van der Waals surface area (Å²) in [6, 6.07) is 4.38. The molecule has 0 N–H and O–H groups in total. The zero-order valence-electron chi connectivity index (χ0n) is 12.6. The Labute approximate surface area is 130 Å². The maximum Gasteiger partial charge on any atom is 0.416 e. The lowest BCUT2D eigenvalue weighted by atomic mass is 10.2. The Morgan fingerprint density at radius 2 is 1.96 bits per heavy atom. The summed E-state index contributed by atoms with van der Waals surface area (Å²) < 4.78 is 47.6. The fourth-order valence-electron chi connectivity index (χ4n) is 1.83. The number of carbonyl (C=O) groups excluding carboxylic acids is 1. The van der Waals surface area contributed by atoms with Crippen molar-refractivity contribution in [2.24, 2.45) is 0 Å². The number of aryl methyl sites for hydroxylation is 1. The number of nitrogens with zero attached hydrogens (tertiary/aromatic N) is 2. The molecule has 23 heavy (non-hydrogen) atoms. The third-order valence-corrected chi connectivity index (χ3v) is 3.17. The zero-order chi connectivity index (χ0) is 17.0. The van der Waals surface area contributed by atoms with Gasteiger partial charge in [0.1, 0.15) is 18.1 Å². The van der Waals surface area contributed by atoms with Crippen LogP contribution in [-0.4, -0.2) is 36.0 Å². The van der Waals surface area contributed by atoms with Gasteiger partial charge in [0.15, 0.2) is 12.1 Å². The minimum Gasteiger partial charge on any atom is -0.492 e. The van der Waals surface area contributed by atoms with Crippen LogP contribution in [0.4, 0.5) is 13.2 Å². The summed E-state index contributed by atoms with van der Waals surface area (Å²) in [4.78, 5) is 17.3. The number of likely N-dealkylation sites (N-methyl/N-ethyl adjacent to an activating group) is 1. The van der Waals surface area contributed by atoms with E-state index in [2.05, 4.69) is 4.98 Å². The second kappa shape index (κ2) is 6.72. The van der Waals surface area contributed by atoms with Crippen molar-refractivity contribution < 1.29 is 27.1 Å². The number of carbonyl (C=O) groups is 1. The summed E-state index contributed by atoms with van der Waals surface area (Å²) in [5.74, 6) is 0.411. The SMILES string of the molecule is Cc1ocnc1C(=O)N(C)CCOc1ccc(C(F)(F)F)cc1. The summed E-state index contributed by atoms with van der Waals surface area (Å²) in [7, 11) is 1.58.